The molecule has 7 heteroatoms. The molecule has 5 aromatic rings. The highest BCUT2D eigenvalue weighted by Crippen LogP contribution is 2.25. The summed E-state index contributed by atoms with van der Waals surface area (Å²) in [5.74, 6) is 0.936. The van der Waals surface area contributed by atoms with Crippen LogP contribution in [0, 0.1) is 0 Å². The lowest BCUT2D eigenvalue weighted by molar-refractivity contribution is 0.751. The zero-order valence-corrected chi connectivity index (χ0v) is 20.1. The Hall–Kier alpha value is -4.52. The van der Waals surface area contributed by atoms with Crippen LogP contribution in [0.3, 0.4) is 0 Å². The van der Waals surface area contributed by atoms with Crippen molar-refractivity contribution in [3.63, 3.8) is 0 Å². The molecule has 36 heavy (non-hydrogen) atoms. The molecule has 4 aromatic heterocycles. The molecular formula is C29H26N6O. The molecule has 0 radical (unpaired) electrons. The van der Waals surface area contributed by atoms with Crippen LogP contribution in [0.2, 0.25) is 0 Å². The van der Waals surface area contributed by atoms with E-state index in [1.807, 2.05) is 65.5 Å². The van der Waals surface area contributed by atoms with Crippen LogP contribution in [0.1, 0.15) is 31.0 Å². The van der Waals surface area contributed by atoms with Gasteiger partial charge < -0.3 is 14.3 Å². The minimum atomic E-state index is -0.0728. The van der Waals surface area contributed by atoms with Gasteiger partial charge in [0.15, 0.2) is 0 Å². The lowest BCUT2D eigenvalue weighted by atomic mass is 10.0. The van der Waals surface area contributed by atoms with E-state index < -0.39 is 0 Å². The van der Waals surface area contributed by atoms with Crippen molar-refractivity contribution in [3.8, 4) is 11.1 Å². The van der Waals surface area contributed by atoms with Crippen LogP contribution < -0.4 is 10.9 Å². The maximum Gasteiger partial charge on any atom is 0.260 e. The number of nitrogens with zero attached hydrogens (tertiary/aromatic N) is 5. The minimum absolute atomic E-state index is 0.0728. The van der Waals surface area contributed by atoms with Gasteiger partial charge in [0.25, 0.3) is 5.56 Å². The molecule has 0 spiro atoms. The number of aliphatic imine (C=N–C) groups is 1. The maximum absolute atomic E-state index is 13.3. The molecule has 0 unspecified atom stereocenters. The molecule has 1 aliphatic rings. The fourth-order valence-corrected chi connectivity index (χ4v) is 4.65. The van der Waals surface area contributed by atoms with Crippen molar-refractivity contribution in [3.05, 3.63) is 113 Å². The largest absolute Gasteiger partial charge is 0.366 e. The molecular weight excluding hydrogens is 448 g/mol. The van der Waals surface area contributed by atoms with E-state index in [1.54, 1.807) is 10.8 Å². The fraction of sp³-hybridized carbons (Fsp3) is 0.172. The van der Waals surface area contributed by atoms with Crippen molar-refractivity contribution in [2.75, 3.05) is 0 Å². The molecule has 0 bridgehead atoms. The zero-order chi connectivity index (χ0) is 24.5. The van der Waals surface area contributed by atoms with Crippen molar-refractivity contribution in [1.82, 2.24) is 24.3 Å². The van der Waals surface area contributed by atoms with Gasteiger partial charge in [-0.25, -0.2) is 9.98 Å². The predicted molar refractivity (Wildman–Crippen MR) is 143 cm³/mol. The van der Waals surface area contributed by atoms with Gasteiger partial charge in [0.1, 0.15) is 11.5 Å². The van der Waals surface area contributed by atoms with Crippen LogP contribution in [0.15, 0.2) is 101 Å². The predicted octanol–water partition coefficient (Wildman–Crippen LogP) is 4.95. The normalized spacial score (nSPS) is 13.6. The third-order valence-corrected chi connectivity index (χ3v) is 6.51. The number of aromatic nitrogens is 4. The van der Waals surface area contributed by atoms with E-state index in [2.05, 4.69) is 40.6 Å². The quantitative estimate of drug-likeness (QED) is 0.378. The Morgan fingerprint density at radius 3 is 2.75 bits per heavy atom. The van der Waals surface area contributed by atoms with E-state index in [4.69, 9.17) is 4.98 Å². The number of rotatable bonds is 6. The van der Waals surface area contributed by atoms with Crippen LogP contribution in [0.25, 0.3) is 27.5 Å². The highest BCUT2D eigenvalue weighted by Gasteiger charge is 2.11. The van der Waals surface area contributed by atoms with Gasteiger partial charge in [-0.1, -0.05) is 36.4 Å². The standard InChI is InChI=1S/C29H26N6O/c1-20-6-5-9-27(32-20)31-14-21-10-11-28-33-23(19-35(28)17-21)18-34-13-12-24-25(22-7-3-2-4-8-22)15-30-16-26(24)29(34)36/h2-4,7-13,15-17,19,31H,5-6,14,18H2,1H3. The first-order chi connectivity index (χ1) is 17.6. The molecule has 6 rings (SSSR count). The summed E-state index contributed by atoms with van der Waals surface area (Å²) < 4.78 is 3.70. The summed E-state index contributed by atoms with van der Waals surface area (Å²) >= 11 is 0. The monoisotopic (exact) mass is 474 g/mol. The molecule has 0 atom stereocenters. The summed E-state index contributed by atoms with van der Waals surface area (Å²) in [5.41, 5.74) is 5.89. The highest BCUT2D eigenvalue weighted by molar-refractivity contribution is 5.95. The third kappa shape index (κ3) is 4.31. The first-order valence-electron chi connectivity index (χ1n) is 12.1. The lowest BCUT2D eigenvalue weighted by Crippen LogP contribution is -2.20. The molecule has 1 aliphatic heterocycles. The number of fused-ring (bicyclic) bond motifs is 2. The second-order valence-corrected chi connectivity index (χ2v) is 9.13. The van der Waals surface area contributed by atoms with Gasteiger partial charge in [0.2, 0.25) is 0 Å². The number of imidazole rings is 1. The highest BCUT2D eigenvalue weighted by atomic mass is 16.1. The number of allylic oxidation sites excluding steroid dienone is 1. The smallest absolute Gasteiger partial charge is 0.260 e. The van der Waals surface area contributed by atoms with Gasteiger partial charge in [-0.15, -0.1) is 0 Å². The molecule has 1 N–H and O–H groups in total. The number of hydrogen-bond donors (Lipinski definition) is 1. The zero-order valence-electron chi connectivity index (χ0n) is 20.1. The van der Waals surface area contributed by atoms with Crippen molar-refractivity contribution in [2.45, 2.75) is 32.9 Å². The Morgan fingerprint density at radius 2 is 1.89 bits per heavy atom. The van der Waals surface area contributed by atoms with Gasteiger partial charge in [-0.2, -0.15) is 0 Å². The summed E-state index contributed by atoms with van der Waals surface area (Å²) in [5, 5.41) is 4.91. The average molecular weight is 475 g/mol. The molecule has 5 heterocycles. The summed E-state index contributed by atoms with van der Waals surface area (Å²) in [4.78, 5) is 27.0. The van der Waals surface area contributed by atoms with Crippen molar-refractivity contribution in [2.24, 2.45) is 4.99 Å². The van der Waals surface area contributed by atoms with Gasteiger partial charge in [0, 0.05) is 48.8 Å². The van der Waals surface area contributed by atoms with Crippen LogP contribution in [0.4, 0.5) is 0 Å². The van der Waals surface area contributed by atoms with Crippen molar-refractivity contribution in [1.29, 1.82) is 0 Å². The molecule has 178 valence electrons. The van der Waals surface area contributed by atoms with E-state index in [9.17, 15) is 4.79 Å². The van der Waals surface area contributed by atoms with E-state index in [0.717, 1.165) is 57.8 Å². The molecule has 1 aromatic carbocycles. The minimum Gasteiger partial charge on any atom is -0.366 e. The third-order valence-electron chi connectivity index (χ3n) is 6.51. The summed E-state index contributed by atoms with van der Waals surface area (Å²) in [6.45, 7) is 3.14. The molecule has 0 amide bonds. The number of hydrogen-bond acceptors (Lipinski definition) is 5. The number of pyridine rings is 3. The van der Waals surface area contributed by atoms with Crippen LogP contribution in [-0.2, 0) is 13.1 Å². The van der Waals surface area contributed by atoms with E-state index in [1.165, 1.54) is 0 Å². The topological polar surface area (TPSA) is 76.6 Å². The summed E-state index contributed by atoms with van der Waals surface area (Å²) in [6, 6.07) is 16.1. The molecule has 0 fully saturated rings. The summed E-state index contributed by atoms with van der Waals surface area (Å²) in [6.07, 6.45) is 13.6. The average Bonchev–Trinajstić information content (AvgIpc) is 3.31. The molecule has 0 saturated heterocycles. The molecule has 7 nitrogen and oxygen atoms in total. The maximum atomic E-state index is 13.3. The van der Waals surface area contributed by atoms with E-state index in [-0.39, 0.29) is 5.56 Å². The van der Waals surface area contributed by atoms with Crippen molar-refractivity contribution >= 4 is 22.1 Å². The SMILES string of the molecule is CC1=NC(NCc2ccc3nc(Cn4ccc5c(-c6ccccc6)cncc5c4=O)cn3c2)=CCC1. The Morgan fingerprint density at radius 1 is 1.00 bits per heavy atom. The summed E-state index contributed by atoms with van der Waals surface area (Å²) in [7, 11) is 0. The van der Waals surface area contributed by atoms with Crippen LogP contribution in [0.5, 0.6) is 0 Å². The Bertz CT molecular complexity index is 1690. The second-order valence-electron chi connectivity index (χ2n) is 9.13. The number of nitrogens with one attached hydrogen (secondary N) is 1. The first-order valence-corrected chi connectivity index (χ1v) is 12.1. The van der Waals surface area contributed by atoms with Gasteiger partial charge in [-0.3, -0.25) is 9.78 Å². The van der Waals surface area contributed by atoms with Crippen LogP contribution in [-0.4, -0.2) is 24.6 Å². The fourth-order valence-electron chi connectivity index (χ4n) is 4.65. The van der Waals surface area contributed by atoms with Gasteiger partial charge in [-0.05, 0) is 54.5 Å². The number of benzene rings is 1. The van der Waals surface area contributed by atoms with Crippen molar-refractivity contribution < 1.29 is 0 Å². The Balaban J connectivity index is 1.25. The van der Waals surface area contributed by atoms with E-state index in [0.29, 0.717) is 18.5 Å². The molecule has 0 saturated carbocycles. The Labute approximate surface area is 208 Å². The van der Waals surface area contributed by atoms with Crippen LogP contribution >= 0.6 is 0 Å². The second kappa shape index (κ2) is 9.26. The first kappa shape index (κ1) is 22.0. The van der Waals surface area contributed by atoms with E-state index >= 15 is 0 Å². The molecule has 0 aliphatic carbocycles. The van der Waals surface area contributed by atoms with Gasteiger partial charge in [0.05, 0.1) is 17.6 Å². The lowest BCUT2D eigenvalue weighted by Gasteiger charge is -2.12. The Kier molecular flexibility index (Phi) is 5.65. The van der Waals surface area contributed by atoms with Gasteiger partial charge >= 0.3 is 0 Å².